The summed E-state index contributed by atoms with van der Waals surface area (Å²) in [5.74, 6) is 2.05. The number of nitrogens with two attached hydrogens (primary N) is 2. The fourth-order valence-corrected chi connectivity index (χ4v) is 1.79. The molecule has 0 unspecified atom stereocenters. The van der Waals surface area contributed by atoms with Crippen LogP contribution < -0.4 is 21.1 Å². The second kappa shape index (κ2) is 5.43. The van der Waals surface area contributed by atoms with Crippen LogP contribution in [-0.2, 0) is 6.54 Å². The van der Waals surface area contributed by atoms with Crippen LogP contribution in [0.2, 0.25) is 0 Å². The summed E-state index contributed by atoms with van der Waals surface area (Å²) in [5, 5.41) is 0. The number of hydrogen-bond acceptors (Lipinski definition) is 6. The van der Waals surface area contributed by atoms with Gasteiger partial charge >= 0.3 is 0 Å². The van der Waals surface area contributed by atoms with Crippen LogP contribution in [0.3, 0.4) is 0 Å². The van der Waals surface area contributed by atoms with Crippen LogP contribution >= 0.6 is 0 Å². The highest BCUT2D eigenvalue weighted by Gasteiger charge is 2.07. The lowest BCUT2D eigenvalue weighted by Crippen LogP contribution is -2.19. The molecular formula is C13H17N5O. The molecule has 0 atom stereocenters. The molecule has 100 valence electrons. The van der Waals surface area contributed by atoms with Gasteiger partial charge in [-0.25, -0.2) is 0 Å². The van der Waals surface area contributed by atoms with Gasteiger partial charge in [0.15, 0.2) is 0 Å². The van der Waals surface area contributed by atoms with Gasteiger partial charge in [0, 0.05) is 19.7 Å². The summed E-state index contributed by atoms with van der Waals surface area (Å²) in [5.41, 5.74) is 12.4. The SMILES string of the molecule is COc1cccc(CN(C)c2cc(N)nc(N)n2)c1. The van der Waals surface area contributed by atoms with Gasteiger partial charge < -0.3 is 21.1 Å². The maximum absolute atomic E-state index is 5.66. The Kier molecular flexibility index (Phi) is 3.70. The fourth-order valence-electron chi connectivity index (χ4n) is 1.79. The summed E-state index contributed by atoms with van der Waals surface area (Å²) in [4.78, 5) is 9.95. The minimum atomic E-state index is 0.174. The summed E-state index contributed by atoms with van der Waals surface area (Å²) in [6.07, 6.45) is 0. The van der Waals surface area contributed by atoms with Gasteiger partial charge in [0.25, 0.3) is 0 Å². The number of benzene rings is 1. The third-order valence-electron chi connectivity index (χ3n) is 2.69. The van der Waals surface area contributed by atoms with Crippen LogP contribution in [0, 0.1) is 0 Å². The van der Waals surface area contributed by atoms with Crippen LogP contribution in [-0.4, -0.2) is 24.1 Å². The topological polar surface area (TPSA) is 90.3 Å². The van der Waals surface area contributed by atoms with Crippen molar-refractivity contribution >= 4 is 17.6 Å². The number of ether oxygens (including phenoxy) is 1. The van der Waals surface area contributed by atoms with E-state index in [4.69, 9.17) is 16.2 Å². The first-order chi connectivity index (χ1) is 9.08. The molecule has 2 aromatic rings. The predicted molar refractivity (Wildman–Crippen MR) is 76.0 cm³/mol. The molecule has 0 fully saturated rings. The van der Waals surface area contributed by atoms with Gasteiger partial charge in [-0.3, -0.25) is 0 Å². The minimum absolute atomic E-state index is 0.174. The zero-order valence-corrected chi connectivity index (χ0v) is 11.0. The molecule has 0 aliphatic heterocycles. The number of anilines is 3. The maximum atomic E-state index is 5.66. The van der Waals surface area contributed by atoms with E-state index in [1.165, 1.54) is 0 Å². The van der Waals surface area contributed by atoms with Crippen molar-refractivity contribution in [1.29, 1.82) is 0 Å². The van der Waals surface area contributed by atoms with Crippen molar-refractivity contribution in [2.24, 2.45) is 0 Å². The molecule has 1 heterocycles. The summed E-state index contributed by atoms with van der Waals surface area (Å²) in [7, 11) is 3.56. The van der Waals surface area contributed by atoms with Gasteiger partial charge in [-0.2, -0.15) is 9.97 Å². The van der Waals surface area contributed by atoms with Crippen molar-refractivity contribution in [2.75, 3.05) is 30.5 Å². The largest absolute Gasteiger partial charge is 0.497 e. The Labute approximate surface area is 112 Å². The Morgan fingerprint density at radius 3 is 2.68 bits per heavy atom. The van der Waals surface area contributed by atoms with Crippen molar-refractivity contribution in [3.05, 3.63) is 35.9 Å². The van der Waals surface area contributed by atoms with Gasteiger partial charge in [0.2, 0.25) is 5.95 Å². The molecule has 0 saturated carbocycles. The lowest BCUT2D eigenvalue weighted by atomic mass is 10.2. The Balaban J connectivity index is 2.17. The highest BCUT2D eigenvalue weighted by molar-refractivity contribution is 5.50. The number of aromatic nitrogens is 2. The third-order valence-corrected chi connectivity index (χ3v) is 2.69. The van der Waals surface area contributed by atoms with E-state index in [9.17, 15) is 0 Å². The fraction of sp³-hybridized carbons (Fsp3) is 0.231. The van der Waals surface area contributed by atoms with Gasteiger partial charge in [-0.1, -0.05) is 12.1 Å². The first kappa shape index (κ1) is 12.9. The maximum Gasteiger partial charge on any atom is 0.223 e. The van der Waals surface area contributed by atoms with E-state index in [0.717, 1.165) is 11.3 Å². The van der Waals surface area contributed by atoms with Gasteiger partial charge in [0.1, 0.15) is 17.4 Å². The van der Waals surface area contributed by atoms with Crippen LogP contribution in [0.4, 0.5) is 17.6 Å². The average Bonchev–Trinajstić information content (AvgIpc) is 2.37. The lowest BCUT2D eigenvalue weighted by Gasteiger charge is -2.19. The monoisotopic (exact) mass is 259 g/mol. The van der Waals surface area contributed by atoms with E-state index in [2.05, 4.69) is 9.97 Å². The van der Waals surface area contributed by atoms with E-state index in [-0.39, 0.29) is 5.95 Å². The van der Waals surface area contributed by atoms with Crippen LogP contribution in [0.25, 0.3) is 0 Å². The van der Waals surface area contributed by atoms with Gasteiger partial charge in [0.05, 0.1) is 7.11 Å². The molecule has 6 heteroatoms. The van der Waals surface area contributed by atoms with E-state index in [1.54, 1.807) is 13.2 Å². The Bertz CT molecular complexity index is 552. The first-order valence-electron chi connectivity index (χ1n) is 5.82. The smallest absolute Gasteiger partial charge is 0.223 e. The highest BCUT2D eigenvalue weighted by Crippen LogP contribution is 2.18. The zero-order valence-electron chi connectivity index (χ0n) is 11.0. The van der Waals surface area contributed by atoms with Crippen LogP contribution in [0.5, 0.6) is 5.75 Å². The van der Waals surface area contributed by atoms with Crippen molar-refractivity contribution < 1.29 is 4.74 Å². The van der Waals surface area contributed by atoms with Gasteiger partial charge in [-0.05, 0) is 17.7 Å². The van der Waals surface area contributed by atoms with Crippen LogP contribution in [0.1, 0.15) is 5.56 Å². The molecule has 0 bridgehead atoms. The Morgan fingerprint density at radius 1 is 1.21 bits per heavy atom. The standard InChI is InChI=1S/C13H17N5O/c1-18(12-7-11(14)16-13(15)17-12)8-9-4-3-5-10(6-9)19-2/h3-7H,8H2,1-2H3,(H4,14,15,16,17). The number of nitrogen functional groups attached to an aromatic ring is 2. The second-order valence-electron chi connectivity index (χ2n) is 4.22. The lowest BCUT2D eigenvalue weighted by molar-refractivity contribution is 0.414. The normalized spacial score (nSPS) is 10.2. The van der Waals surface area contributed by atoms with Crippen molar-refractivity contribution in [3.8, 4) is 5.75 Å². The predicted octanol–water partition coefficient (Wildman–Crippen LogP) is 1.29. The molecule has 6 nitrogen and oxygen atoms in total. The molecule has 4 N–H and O–H groups in total. The van der Waals surface area contributed by atoms with E-state index in [1.807, 2.05) is 36.2 Å². The Morgan fingerprint density at radius 2 is 2.00 bits per heavy atom. The van der Waals surface area contributed by atoms with Crippen molar-refractivity contribution in [3.63, 3.8) is 0 Å². The molecule has 1 aromatic heterocycles. The molecule has 0 aliphatic carbocycles. The quantitative estimate of drug-likeness (QED) is 0.859. The van der Waals surface area contributed by atoms with E-state index < -0.39 is 0 Å². The molecule has 2 rings (SSSR count). The summed E-state index contributed by atoms with van der Waals surface area (Å²) in [6, 6.07) is 9.54. The highest BCUT2D eigenvalue weighted by atomic mass is 16.5. The summed E-state index contributed by atoms with van der Waals surface area (Å²) in [6.45, 7) is 0.674. The van der Waals surface area contributed by atoms with E-state index >= 15 is 0 Å². The molecule has 0 radical (unpaired) electrons. The number of hydrogen-bond donors (Lipinski definition) is 2. The van der Waals surface area contributed by atoms with Crippen LogP contribution in [0.15, 0.2) is 30.3 Å². The number of methoxy groups -OCH3 is 1. The summed E-state index contributed by atoms with van der Waals surface area (Å²) >= 11 is 0. The molecule has 1 aromatic carbocycles. The average molecular weight is 259 g/mol. The second-order valence-corrected chi connectivity index (χ2v) is 4.22. The van der Waals surface area contributed by atoms with Gasteiger partial charge in [-0.15, -0.1) is 0 Å². The van der Waals surface area contributed by atoms with Crippen molar-refractivity contribution in [1.82, 2.24) is 9.97 Å². The van der Waals surface area contributed by atoms with E-state index in [0.29, 0.717) is 18.2 Å². The molecule has 0 saturated heterocycles. The number of nitrogens with zero attached hydrogens (tertiary/aromatic N) is 3. The Hall–Kier alpha value is -2.50. The minimum Gasteiger partial charge on any atom is -0.497 e. The third kappa shape index (κ3) is 3.25. The first-order valence-corrected chi connectivity index (χ1v) is 5.82. The number of rotatable bonds is 4. The molecule has 0 aliphatic rings. The summed E-state index contributed by atoms with van der Waals surface area (Å²) < 4.78 is 5.20. The molecule has 19 heavy (non-hydrogen) atoms. The zero-order chi connectivity index (χ0) is 13.8. The molecule has 0 spiro atoms. The van der Waals surface area contributed by atoms with Crippen molar-refractivity contribution in [2.45, 2.75) is 6.54 Å². The molecular weight excluding hydrogens is 242 g/mol. The molecule has 0 amide bonds.